The smallest absolute Gasteiger partial charge is 0.245 e. The molecular weight excluding hydrogens is 389 g/mol. The van der Waals surface area contributed by atoms with Gasteiger partial charge in [-0.25, -0.2) is 4.98 Å². The van der Waals surface area contributed by atoms with Crippen LogP contribution in [0.15, 0.2) is 18.2 Å². The van der Waals surface area contributed by atoms with E-state index in [1.54, 1.807) is 4.90 Å². The number of imidazole rings is 1. The minimum atomic E-state index is -0.136. The molecule has 1 atom stereocenters. The third kappa shape index (κ3) is 2.30. The summed E-state index contributed by atoms with van der Waals surface area (Å²) in [4.78, 5) is 18.8. The molecule has 0 aliphatic carbocycles. The van der Waals surface area contributed by atoms with Crippen LogP contribution in [-0.4, -0.2) is 39.8 Å². The van der Waals surface area contributed by atoms with Crippen LogP contribution in [0.1, 0.15) is 18.3 Å². The predicted octanol–water partition coefficient (Wildman–Crippen LogP) is 2.83. The minimum Gasteiger partial charge on any atom is -0.344 e. The molecule has 0 bridgehead atoms. The first-order valence-corrected chi connectivity index (χ1v) is 8.20. The largest absolute Gasteiger partial charge is 0.344 e. The van der Waals surface area contributed by atoms with Gasteiger partial charge in [-0.3, -0.25) is 4.79 Å². The molecular formula is C14H15ClIN3O. The Morgan fingerprint density at radius 3 is 2.95 bits per heavy atom. The number of carbonyl (C=O) groups is 1. The van der Waals surface area contributed by atoms with Gasteiger partial charge >= 0.3 is 0 Å². The van der Waals surface area contributed by atoms with Crippen molar-refractivity contribution in [3.63, 3.8) is 0 Å². The highest BCUT2D eigenvalue weighted by atomic mass is 127. The van der Waals surface area contributed by atoms with Gasteiger partial charge in [0.25, 0.3) is 0 Å². The van der Waals surface area contributed by atoms with Gasteiger partial charge in [-0.2, -0.15) is 0 Å². The molecule has 1 unspecified atom stereocenters. The summed E-state index contributed by atoms with van der Waals surface area (Å²) in [6.45, 7) is 0.799. The molecule has 6 heteroatoms. The molecule has 0 N–H and O–H groups in total. The van der Waals surface area contributed by atoms with E-state index in [4.69, 9.17) is 11.6 Å². The number of likely N-dealkylation sites (tertiary alicyclic amines) is 1. The second-order valence-corrected chi connectivity index (χ2v) is 6.66. The van der Waals surface area contributed by atoms with Gasteiger partial charge in [0.2, 0.25) is 5.91 Å². The van der Waals surface area contributed by atoms with Gasteiger partial charge < -0.3 is 9.47 Å². The van der Waals surface area contributed by atoms with Crippen LogP contribution in [0.3, 0.4) is 0 Å². The van der Waals surface area contributed by atoms with Crippen molar-refractivity contribution in [2.75, 3.05) is 19.5 Å². The molecule has 2 heterocycles. The highest BCUT2D eigenvalue weighted by molar-refractivity contribution is 14.1. The number of aryl methyl sites for hydroxylation is 1. The maximum absolute atomic E-state index is 12.3. The van der Waals surface area contributed by atoms with Crippen LogP contribution in [0, 0.1) is 3.57 Å². The van der Waals surface area contributed by atoms with Crippen molar-refractivity contribution >= 4 is 51.1 Å². The zero-order valence-electron chi connectivity index (χ0n) is 11.1. The Kier molecular flexibility index (Phi) is 3.90. The maximum Gasteiger partial charge on any atom is 0.245 e. The van der Waals surface area contributed by atoms with E-state index in [1.165, 1.54) is 0 Å². The second-order valence-electron chi connectivity index (χ2n) is 5.03. The number of likely N-dealkylation sites (N-methyl/N-ethyl adjacent to an activating group) is 1. The summed E-state index contributed by atoms with van der Waals surface area (Å²) in [5.74, 6) is 1.58. The van der Waals surface area contributed by atoms with E-state index < -0.39 is 0 Å². The van der Waals surface area contributed by atoms with Crippen LogP contribution in [-0.2, 0) is 11.2 Å². The fraction of sp³-hybridized carbons (Fsp3) is 0.429. The van der Waals surface area contributed by atoms with Gasteiger partial charge in [0.05, 0.1) is 11.0 Å². The van der Waals surface area contributed by atoms with Crippen LogP contribution in [0.25, 0.3) is 11.0 Å². The lowest BCUT2D eigenvalue weighted by Gasteiger charge is -2.15. The van der Waals surface area contributed by atoms with Crippen LogP contribution < -0.4 is 0 Å². The Morgan fingerprint density at radius 2 is 2.30 bits per heavy atom. The van der Waals surface area contributed by atoms with Gasteiger partial charge in [-0.15, -0.1) is 11.6 Å². The fourth-order valence-corrected chi connectivity index (χ4v) is 3.42. The first-order valence-electron chi connectivity index (χ1n) is 6.59. The lowest BCUT2D eigenvalue weighted by atomic mass is 10.2. The van der Waals surface area contributed by atoms with Crippen molar-refractivity contribution in [3.05, 3.63) is 27.6 Å². The van der Waals surface area contributed by atoms with Gasteiger partial charge in [-0.1, -0.05) is 0 Å². The zero-order valence-corrected chi connectivity index (χ0v) is 14.1. The monoisotopic (exact) mass is 403 g/mol. The molecule has 1 saturated heterocycles. The molecule has 1 fully saturated rings. The van der Waals surface area contributed by atoms with E-state index >= 15 is 0 Å². The summed E-state index contributed by atoms with van der Waals surface area (Å²) in [5.41, 5.74) is 1.97. The van der Waals surface area contributed by atoms with E-state index in [0.717, 1.165) is 33.4 Å². The third-order valence-corrected chi connectivity index (χ3v) is 4.61. The molecule has 0 spiro atoms. The summed E-state index contributed by atoms with van der Waals surface area (Å²) in [6, 6.07) is 6.01. The van der Waals surface area contributed by atoms with Gasteiger partial charge in [0.15, 0.2) is 0 Å². The lowest BCUT2D eigenvalue weighted by molar-refractivity contribution is -0.129. The average Bonchev–Trinajstić information content (AvgIpc) is 2.91. The normalized spacial score (nSPS) is 19.2. The lowest BCUT2D eigenvalue weighted by Crippen LogP contribution is -2.25. The van der Waals surface area contributed by atoms with E-state index in [2.05, 4.69) is 38.2 Å². The molecule has 1 aromatic carbocycles. The van der Waals surface area contributed by atoms with Crippen molar-refractivity contribution in [2.45, 2.75) is 18.9 Å². The minimum absolute atomic E-state index is 0.136. The number of hydrogen-bond donors (Lipinski definition) is 0. The van der Waals surface area contributed by atoms with Crippen molar-refractivity contribution in [2.24, 2.45) is 0 Å². The SMILES string of the molecule is CN1CCC(n2c(CCCl)nc3cc(I)ccc32)C1=O. The topological polar surface area (TPSA) is 38.1 Å². The molecule has 0 radical (unpaired) electrons. The Hall–Kier alpha value is -0.820. The molecule has 1 aromatic heterocycles. The molecule has 1 amide bonds. The van der Waals surface area contributed by atoms with Crippen LogP contribution in [0.5, 0.6) is 0 Å². The van der Waals surface area contributed by atoms with Gasteiger partial charge in [0, 0.05) is 29.5 Å². The Balaban J connectivity index is 2.16. The number of benzene rings is 1. The predicted molar refractivity (Wildman–Crippen MR) is 88.2 cm³/mol. The molecule has 1 aliphatic heterocycles. The molecule has 3 rings (SSSR count). The first-order chi connectivity index (χ1) is 9.61. The number of hydrogen-bond acceptors (Lipinski definition) is 2. The standard InChI is InChI=1S/C14H15ClIN3O/c1-18-7-5-12(14(18)20)19-11-3-2-9(16)8-10(11)17-13(19)4-6-15/h2-3,8,12H,4-7H2,1H3. The number of nitrogens with zero attached hydrogens (tertiary/aromatic N) is 3. The second kappa shape index (κ2) is 5.52. The van der Waals surface area contributed by atoms with Crippen LogP contribution >= 0.6 is 34.2 Å². The van der Waals surface area contributed by atoms with Gasteiger partial charge in [0.1, 0.15) is 11.9 Å². The molecule has 106 valence electrons. The number of carbonyl (C=O) groups excluding carboxylic acids is 1. The highest BCUT2D eigenvalue weighted by Crippen LogP contribution is 2.29. The number of rotatable bonds is 3. The zero-order chi connectivity index (χ0) is 14.3. The van der Waals surface area contributed by atoms with Crippen molar-refractivity contribution in [3.8, 4) is 0 Å². The van der Waals surface area contributed by atoms with Crippen molar-refractivity contribution in [1.82, 2.24) is 14.5 Å². The van der Waals surface area contributed by atoms with E-state index in [-0.39, 0.29) is 11.9 Å². The van der Waals surface area contributed by atoms with Crippen molar-refractivity contribution < 1.29 is 4.79 Å². The molecule has 20 heavy (non-hydrogen) atoms. The fourth-order valence-electron chi connectivity index (χ4n) is 2.77. The Morgan fingerprint density at radius 1 is 1.50 bits per heavy atom. The van der Waals surface area contributed by atoms with Gasteiger partial charge in [-0.05, 0) is 47.2 Å². The average molecular weight is 404 g/mol. The number of halogens is 2. The number of aromatic nitrogens is 2. The number of alkyl halides is 1. The Bertz CT molecular complexity index is 670. The van der Waals surface area contributed by atoms with E-state index in [9.17, 15) is 4.79 Å². The van der Waals surface area contributed by atoms with Crippen molar-refractivity contribution in [1.29, 1.82) is 0 Å². The summed E-state index contributed by atoms with van der Waals surface area (Å²) in [7, 11) is 1.85. The summed E-state index contributed by atoms with van der Waals surface area (Å²) < 4.78 is 3.23. The summed E-state index contributed by atoms with van der Waals surface area (Å²) >= 11 is 8.16. The third-order valence-electron chi connectivity index (χ3n) is 3.75. The van der Waals surface area contributed by atoms with Crippen LogP contribution in [0.2, 0.25) is 0 Å². The maximum atomic E-state index is 12.3. The summed E-state index contributed by atoms with van der Waals surface area (Å²) in [5, 5.41) is 0. The number of amides is 1. The van der Waals surface area contributed by atoms with E-state index in [1.807, 2.05) is 19.2 Å². The van der Waals surface area contributed by atoms with E-state index in [0.29, 0.717) is 12.3 Å². The summed E-state index contributed by atoms with van der Waals surface area (Å²) in [6.07, 6.45) is 1.52. The molecule has 0 saturated carbocycles. The highest BCUT2D eigenvalue weighted by Gasteiger charge is 2.33. The first kappa shape index (κ1) is 14.1. The van der Waals surface area contributed by atoms with Crippen LogP contribution in [0.4, 0.5) is 0 Å². The molecule has 1 aliphatic rings. The molecule has 4 nitrogen and oxygen atoms in total. The Labute approximate surface area is 136 Å². The molecule has 2 aromatic rings. The quantitative estimate of drug-likeness (QED) is 0.584. The number of fused-ring (bicyclic) bond motifs is 1.